The normalized spacial score (nSPS) is 27.7. The van der Waals surface area contributed by atoms with Gasteiger partial charge in [0.05, 0.1) is 0 Å². The van der Waals surface area contributed by atoms with Gasteiger partial charge in [0.15, 0.2) is 0 Å². The van der Waals surface area contributed by atoms with E-state index in [1.165, 1.54) is 0 Å². The van der Waals surface area contributed by atoms with E-state index >= 15 is 0 Å². The maximum absolute atomic E-state index is 12.0. The van der Waals surface area contributed by atoms with Gasteiger partial charge in [-0.2, -0.15) is 0 Å². The highest BCUT2D eigenvalue weighted by molar-refractivity contribution is 5.78. The molecule has 0 aromatic carbocycles. The Labute approximate surface area is 104 Å². The highest BCUT2D eigenvalue weighted by Gasteiger charge is 2.26. The first-order valence-electron chi connectivity index (χ1n) is 6.11. The van der Waals surface area contributed by atoms with Crippen LogP contribution in [0.25, 0.3) is 0 Å². The highest BCUT2D eigenvalue weighted by Crippen LogP contribution is 2.13. The van der Waals surface area contributed by atoms with E-state index in [-0.39, 0.29) is 24.0 Å². The number of nitrogens with zero attached hydrogens (tertiary/aromatic N) is 1. The van der Waals surface area contributed by atoms with Gasteiger partial charge in [0.2, 0.25) is 5.91 Å². The van der Waals surface area contributed by atoms with Crippen LogP contribution in [0.4, 0.5) is 0 Å². The molecule has 1 aliphatic heterocycles. The molecule has 4 nitrogen and oxygen atoms in total. The van der Waals surface area contributed by atoms with E-state index in [0.29, 0.717) is 6.54 Å². The summed E-state index contributed by atoms with van der Waals surface area (Å²) in [5, 5.41) is 0. The van der Waals surface area contributed by atoms with Gasteiger partial charge in [-0.1, -0.05) is 26.0 Å². The Balaban J connectivity index is 2.77. The Bertz CT molecular complexity index is 276. The average molecular weight is 241 g/mol. The first-order chi connectivity index (χ1) is 8.10. The quantitative estimate of drug-likeness (QED) is 0.702. The first kappa shape index (κ1) is 14.2. The van der Waals surface area contributed by atoms with Gasteiger partial charge in [0, 0.05) is 33.2 Å². The first-order valence-corrected chi connectivity index (χ1v) is 6.11. The van der Waals surface area contributed by atoms with Crippen molar-refractivity contribution in [2.24, 2.45) is 5.92 Å². The topological polar surface area (TPSA) is 38.8 Å². The summed E-state index contributed by atoms with van der Waals surface area (Å²) < 4.78 is 10.8. The molecule has 0 aliphatic carbocycles. The molecule has 0 radical (unpaired) electrons. The Morgan fingerprint density at radius 3 is 2.59 bits per heavy atom. The van der Waals surface area contributed by atoms with Crippen molar-refractivity contribution in [1.29, 1.82) is 0 Å². The summed E-state index contributed by atoms with van der Waals surface area (Å²) in [6, 6.07) is 0. The summed E-state index contributed by atoms with van der Waals surface area (Å²) in [4.78, 5) is 13.9. The Morgan fingerprint density at radius 1 is 1.35 bits per heavy atom. The lowest BCUT2D eigenvalue weighted by molar-refractivity contribution is -0.137. The molecule has 17 heavy (non-hydrogen) atoms. The smallest absolute Gasteiger partial charge is 0.225 e. The fourth-order valence-electron chi connectivity index (χ4n) is 2.00. The molecule has 2 atom stereocenters. The summed E-state index contributed by atoms with van der Waals surface area (Å²) in [6.45, 7) is 5.19. The molecule has 0 aromatic heterocycles. The van der Waals surface area contributed by atoms with Crippen LogP contribution in [-0.4, -0.2) is 50.3 Å². The van der Waals surface area contributed by atoms with Crippen LogP contribution in [0.5, 0.6) is 0 Å². The van der Waals surface area contributed by atoms with E-state index in [1.807, 2.05) is 24.8 Å². The minimum atomic E-state index is -0.0979. The summed E-state index contributed by atoms with van der Waals surface area (Å²) in [5.74, 6) is 0.203. The lowest BCUT2D eigenvalue weighted by atomic mass is 10.1. The molecule has 0 spiro atoms. The largest absolute Gasteiger partial charge is 0.377 e. The average Bonchev–Trinajstić information content (AvgIpc) is 2.28. The van der Waals surface area contributed by atoms with Gasteiger partial charge in [-0.25, -0.2) is 0 Å². The molecule has 1 rings (SSSR count). The Kier molecular flexibility index (Phi) is 5.65. The molecule has 0 saturated carbocycles. The van der Waals surface area contributed by atoms with Gasteiger partial charge in [0.1, 0.15) is 12.2 Å². The van der Waals surface area contributed by atoms with Gasteiger partial charge in [-0.05, 0) is 6.42 Å². The van der Waals surface area contributed by atoms with Crippen molar-refractivity contribution in [3.05, 3.63) is 12.2 Å². The number of hydrogen-bond acceptors (Lipinski definition) is 3. The number of amides is 1. The Morgan fingerprint density at radius 2 is 2.06 bits per heavy atom. The van der Waals surface area contributed by atoms with E-state index in [1.54, 1.807) is 14.2 Å². The van der Waals surface area contributed by atoms with Crippen LogP contribution in [0.1, 0.15) is 20.3 Å². The molecular formula is C13H23NO3. The maximum Gasteiger partial charge on any atom is 0.225 e. The van der Waals surface area contributed by atoms with Gasteiger partial charge in [-0.3, -0.25) is 4.79 Å². The number of carbonyl (C=O) groups excluding carboxylic acids is 1. The van der Waals surface area contributed by atoms with Crippen molar-refractivity contribution < 1.29 is 14.3 Å². The zero-order chi connectivity index (χ0) is 12.8. The second kappa shape index (κ2) is 6.77. The van der Waals surface area contributed by atoms with E-state index in [0.717, 1.165) is 13.0 Å². The van der Waals surface area contributed by atoms with Crippen molar-refractivity contribution in [2.75, 3.05) is 27.3 Å². The van der Waals surface area contributed by atoms with E-state index < -0.39 is 0 Å². The minimum absolute atomic E-state index is 0.0249. The molecule has 0 bridgehead atoms. The van der Waals surface area contributed by atoms with Crippen LogP contribution in [0.3, 0.4) is 0 Å². The van der Waals surface area contributed by atoms with Gasteiger partial charge in [-0.15, -0.1) is 0 Å². The van der Waals surface area contributed by atoms with Gasteiger partial charge < -0.3 is 14.4 Å². The van der Waals surface area contributed by atoms with Crippen LogP contribution in [0, 0.1) is 5.92 Å². The predicted molar refractivity (Wildman–Crippen MR) is 66.8 cm³/mol. The van der Waals surface area contributed by atoms with Crippen molar-refractivity contribution in [3.8, 4) is 0 Å². The van der Waals surface area contributed by atoms with Crippen molar-refractivity contribution in [1.82, 2.24) is 4.90 Å². The third-order valence-corrected chi connectivity index (χ3v) is 3.04. The molecule has 0 aromatic rings. The molecule has 1 heterocycles. The summed E-state index contributed by atoms with van der Waals surface area (Å²) >= 11 is 0. The van der Waals surface area contributed by atoms with Crippen LogP contribution >= 0.6 is 0 Å². The molecular weight excluding hydrogens is 218 g/mol. The monoisotopic (exact) mass is 241 g/mol. The number of ether oxygens (including phenoxy) is 2. The van der Waals surface area contributed by atoms with Crippen LogP contribution in [0.15, 0.2) is 12.2 Å². The standard InChI is InChI=1S/C13H23NO3/c1-10(2)13(15)14-8-6-5-7-11(16-3)12(9-14)17-4/h5,7,10-12H,6,8-9H2,1-4H3/b7-5-. The highest BCUT2D eigenvalue weighted by atomic mass is 16.5. The fourth-order valence-corrected chi connectivity index (χ4v) is 2.00. The zero-order valence-corrected chi connectivity index (χ0v) is 11.2. The number of hydrogen-bond donors (Lipinski definition) is 0. The predicted octanol–water partition coefficient (Wildman–Crippen LogP) is 1.46. The molecule has 0 N–H and O–H groups in total. The SMILES string of the molecule is COC1/C=C\CCN(C(=O)C(C)C)CC1OC. The Hall–Kier alpha value is -0.870. The van der Waals surface area contributed by atoms with Crippen LogP contribution in [-0.2, 0) is 14.3 Å². The van der Waals surface area contributed by atoms with Gasteiger partial charge in [0.25, 0.3) is 0 Å². The summed E-state index contributed by atoms with van der Waals surface area (Å²) in [6.07, 6.45) is 4.77. The molecule has 1 amide bonds. The molecule has 98 valence electrons. The third kappa shape index (κ3) is 3.82. The van der Waals surface area contributed by atoms with Crippen LogP contribution < -0.4 is 0 Å². The fraction of sp³-hybridized carbons (Fsp3) is 0.769. The maximum atomic E-state index is 12.0. The number of carbonyl (C=O) groups is 1. The minimum Gasteiger partial charge on any atom is -0.377 e. The van der Waals surface area contributed by atoms with Gasteiger partial charge >= 0.3 is 0 Å². The lowest BCUT2D eigenvalue weighted by Gasteiger charge is -2.32. The van der Waals surface area contributed by atoms with E-state index in [9.17, 15) is 4.79 Å². The summed E-state index contributed by atoms with van der Waals surface area (Å²) in [7, 11) is 3.32. The van der Waals surface area contributed by atoms with Crippen molar-refractivity contribution >= 4 is 5.91 Å². The van der Waals surface area contributed by atoms with E-state index in [2.05, 4.69) is 6.08 Å². The lowest BCUT2D eigenvalue weighted by Crippen LogP contribution is -2.46. The second-order valence-electron chi connectivity index (χ2n) is 4.63. The molecule has 0 fully saturated rings. The third-order valence-electron chi connectivity index (χ3n) is 3.04. The molecule has 1 aliphatic rings. The van der Waals surface area contributed by atoms with E-state index in [4.69, 9.17) is 9.47 Å². The molecule has 2 unspecified atom stereocenters. The zero-order valence-electron chi connectivity index (χ0n) is 11.2. The van der Waals surface area contributed by atoms with Crippen molar-refractivity contribution in [3.63, 3.8) is 0 Å². The number of rotatable bonds is 3. The molecule has 4 heteroatoms. The second-order valence-corrected chi connectivity index (χ2v) is 4.63. The molecule has 0 saturated heterocycles. The summed E-state index contributed by atoms with van der Waals surface area (Å²) in [5.41, 5.74) is 0. The number of methoxy groups -OCH3 is 2. The van der Waals surface area contributed by atoms with Crippen molar-refractivity contribution in [2.45, 2.75) is 32.5 Å². The van der Waals surface area contributed by atoms with Crippen LogP contribution in [0.2, 0.25) is 0 Å².